The molecule has 0 fully saturated rings. The molecule has 2 atom stereocenters. The second-order valence-electron chi connectivity index (χ2n) is 3.59. The highest BCUT2D eigenvalue weighted by molar-refractivity contribution is 9.10. The number of alkyl halides is 2. The Labute approximate surface area is 102 Å². The van der Waals surface area contributed by atoms with Gasteiger partial charge in [-0.15, -0.1) is 0 Å². The molecule has 0 radical (unpaired) electrons. The molecule has 0 aliphatic carbocycles. The molecule has 2 N–H and O–H groups in total. The number of aliphatic hydroxyl groups excluding tert-OH is 1. The molecule has 1 aromatic carbocycles. The van der Waals surface area contributed by atoms with Gasteiger partial charge in [0.05, 0.1) is 0 Å². The molecule has 0 aromatic heterocycles. The van der Waals surface area contributed by atoms with E-state index < -0.39 is 12.5 Å². The van der Waals surface area contributed by atoms with Crippen molar-refractivity contribution in [1.82, 2.24) is 5.32 Å². The quantitative estimate of drug-likeness (QED) is 0.875. The minimum absolute atomic E-state index is 0.0779. The Morgan fingerprint density at radius 2 is 2.12 bits per heavy atom. The highest BCUT2D eigenvalue weighted by Crippen LogP contribution is 2.17. The van der Waals surface area contributed by atoms with Gasteiger partial charge in [0, 0.05) is 17.1 Å². The largest absolute Gasteiger partial charge is 0.386 e. The fraction of sp³-hybridized carbons (Fsp3) is 0.455. The zero-order valence-electron chi connectivity index (χ0n) is 8.83. The Morgan fingerprint density at radius 1 is 1.44 bits per heavy atom. The number of aliphatic hydroxyl groups is 1. The number of benzene rings is 1. The number of rotatable bonds is 5. The van der Waals surface area contributed by atoms with E-state index in [-0.39, 0.29) is 12.6 Å². The van der Waals surface area contributed by atoms with Crippen LogP contribution in [0.15, 0.2) is 28.7 Å². The van der Waals surface area contributed by atoms with Crippen molar-refractivity contribution in [3.05, 3.63) is 34.3 Å². The van der Waals surface area contributed by atoms with Gasteiger partial charge in [-0.3, -0.25) is 0 Å². The van der Waals surface area contributed by atoms with Crippen molar-refractivity contribution in [2.24, 2.45) is 0 Å². The summed E-state index contributed by atoms with van der Waals surface area (Å²) in [6, 6.07) is 7.50. The first-order valence-corrected chi connectivity index (χ1v) is 5.75. The summed E-state index contributed by atoms with van der Waals surface area (Å²) in [7, 11) is 0. The maximum absolute atomic E-state index is 12.0. The lowest BCUT2D eigenvalue weighted by Gasteiger charge is -2.17. The second-order valence-corrected chi connectivity index (χ2v) is 4.50. The van der Waals surface area contributed by atoms with Crippen LogP contribution in [-0.2, 0) is 0 Å². The van der Waals surface area contributed by atoms with Crippen molar-refractivity contribution < 1.29 is 13.9 Å². The highest BCUT2D eigenvalue weighted by atomic mass is 79.9. The Balaban J connectivity index is 2.49. The summed E-state index contributed by atoms with van der Waals surface area (Å²) in [5, 5.41) is 11.8. The van der Waals surface area contributed by atoms with E-state index in [4.69, 9.17) is 5.11 Å². The van der Waals surface area contributed by atoms with Gasteiger partial charge in [-0.1, -0.05) is 28.1 Å². The molecule has 1 aromatic rings. The van der Waals surface area contributed by atoms with Crippen LogP contribution in [0.1, 0.15) is 18.5 Å². The standard InChI is InChI=1S/C11H14BrF2NO/c1-7(15-6-10(16)11(13)14)8-3-2-4-9(12)5-8/h2-5,7,10-11,15-16H,6H2,1H3. The van der Waals surface area contributed by atoms with Crippen LogP contribution >= 0.6 is 15.9 Å². The Bertz CT molecular complexity index is 336. The monoisotopic (exact) mass is 293 g/mol. The average Bonchev–Trinajstić information content (AvgIpc) is 2.25. The van der Waals surface area contributed by atoms with Gasteiger partial charge in [-0.25, -0.2) is 8.78 Å². The molecule has 0 bridgehead atoms. The van der Waals surface area contributed by atoms with Crippen molar-refractivity contribution in [3.8, 4) is 0 Å². The molecule has 16 heavy (non-hydrogen) atoms. The van der Waals surface area contributed by atoms with E-state index in [0.29, 0.717) is 0 Å². The summed E-state index contributed by atoms with van der Waals surface area (Å²) < 4.78 is 25.0. The van der Waals surface area contributed by atoms with E-state index in [1.54, 1.807) is 0 Å². The van der Waals surface area contributed by atoms with E-state index in [2.05, 4.69) is 21.2 Å². The number of nitrogens with one attached hydrogen (secondary N) is 1. The fourth-order valence-corrected chi connectivity index (χ4v) is 1.70. The van der Waals surface area contributed by atoms with Crippen LogP contribution in [0.25, 0.3) is 0 Å². The number of hydrogen-bond acceptors (Lipinski definition) is 2. The van der Waals surface area contributed by atoms with Crippen molar-refractivity contribution in [3.63, 3.8) is 0 Å². The van der Waals surface area contributed by atoms with Gasteiger partial charge in [0.25, 0.3) is 6.43 Å². The van der Waals surface area contributed by atoms with E-state index in [1.165, 1.54) is 0 Å². The molecule has 2 nitrogen and oxygen atoms in total. The predicted molar refractivity (Wildman–Crippen MR) is 62.6 cm³/mol. The molecule has 0 spiro atoms. The minimum Gasteiger partial charge on any atom is -0.386 e. The lowest BCUT2D eigenvalue weighted by molar-refractivity contribution is -0.00439. The summed E-state index contributed by atoms with van der Waals surface area (Å²) in [4.78, 5) is 0. The molecule has 2 unspecified atom stereocenters. The van der Waals surface area contributed by atoms with E-state index in [9.17, 15) is 8.78 Å². The van der Waals surface area contributed by atoms with Crippen LogP contribution < -0.4 is 5.32 Å². The van der Waals surface area contributed by atoms with Gasteiger partial charge in [0.1, 0.15) is 6.10 Å². The van der Waals surface area contributed by atoms with Crippen LogP contribution in [0.3, 0.4) is 0 Å². The summed E-state index contributed by atoms with van der Waals surface area (Å²) >= 11 is 3.34. The van der Waals surface area contributed by atoms with Crippen molar-refractivity contribution >= 4 is 15.9 Å². The molecule has 1 rings (SSSR count). The molecule has 0 aliphatic rings. The fourth-order valence-electron chi connectivity index (χ4n) is 1.28. The molecule has 0 amide bonds. The van der Waals surface area contributed by atoms with Crippen molar-refractivity contribution in [2.45, 2.75) is 25.5 Å². The van der Waals surface area contributed by atoms with Gasteiger partial charge in [-0.2, -0.15) is 0 Å². The summed E-state index contributed by atoms with van der Waals surface area (Å²) in [6.07, 6.45) is -4.32. The molecule has 0 heterocycles. The van der Waals surface area contributed by atoms with Crippen LogP contribution in [0, 0.1) is 0 Å². The highest BCUT2D eigenvalue weighted by Gasteiger charge is 2.17. The van der Waals surface area contributed by atoms with Crippen LogP contribution in [0.2, 0.25) is 0 Å². The third-order valence-corrected chi connectivity index (χ3v) is 2.77. The smallest absolute Gasteiger partial charge is 0.265 e. The maximum atomic E-state index is 12.0. The lowest BCUT2D eigenvalue weighted by Crippen LogP contribution is -2.33. The molecule has 90 valence electrons. The van der Waals surface area contributed by atoms with Gasteiger partial charge in [0.15, 0.2) is 0 Å². The Kier molecular flexibility index (Phi) is 5.31. The van der Waals surface area contributed by atoms with Crippen LogP contribution in [-0.4, -0.2) is 24.2 Å². The molecule has 5 heteroatoms. The van der Waals surface area contributed by atoms with E-state index >= 15 is 0 Å². The SMILES string of the molecule is CC(NCC(O)C(F)F)c1cccc(Br)c1. The molecule has 0 aliphatic heterocycles. The van der Waals surface area contributed by atoms with Gasteiger partial charge < -0.3 is 10.4 Å². The zero-order chi connectivity index (χ0) is 12.1. The maximum Gasteiger partial charge on any atom is 0.265 e. The summed E-state index contributed by atoms with van der Waals surface area (Å²) in [6.45, 7) is 1.74. The first-order valence-electron chi connectivity index (χ1n) is 4.95. The molecule has 0 saturated heterocycles. The average molecular weight is 294 g/mol. The van der Waals surface area contributed by atoms with Crippen molar-refractivity contribution in [1.29, 1.82) is 0 Å². The lowest BCUT2D eigenvalue weighted by atomic mass is 10.1. The van der Waals surface area contributed by atoms with Crippen LogP contribution in [0.4, 0.5) is 8.78 Å². The number of halogens is 3. The topological polar surface area (TPSA) is 32.3 Å². The Morgan fingerprint density at radius 3 is 2.69 bits per heavy atom. The number of hydrogen-bond donors (Lipinski definition) is 2. The first-order chi connectivity index (χ1) is 7.50. The minimum atomic E-state index is -2.71. The summed E-state index contributed by atoms with van der Waals surface area (Å²) in [5.41, 5.74) is 0.982. The third-order valence-electron chi connectivity index (χ3n) is 2.27. The van der Waals surface area contributed by atoms with E-state index in [1.807, 2.05) is 31.2 Å². The first kappa shape index (κ1) is 13.5. The van der Waals surface area contributed by atoms with Gasteiger partial charge >= 0.3 is 0 Å². The zero-order valence-corrected chi connectivity index (χ0v) is 10.4. The molecular formula is C11H14BrF2NO. The molecular weight excluding hydrogens is 280 g/mol. The molecule has 0 saturated carbocycles. The van der Waals surface area contributed by atoms with Crippen LogP contribution in [0.5, 0.6) is 0 Å². The summed E-state index contributed by atoms with van der Waals surface area (Å²) in [5.74, 6) is 0. The third kappa shape index (κ3) is 4.15. The van der Waals surface area contributed by atoms with Crippen molar-refractivity contribution in [2.75, 3.05) is 6.54 Å². The van der Waals surface area contributed by atoms with Gasteiger partial charge in [0.2, 0.25) is 0 Å². The normalized spacial score (nSPS) is 15.1. The predicted octanol–water partition coefficient (Wildman–Crippen LogP) is 2.73. The van der Waals surface area contributed by atoms with Gasteiger partial charge in [-0.05, 0) is 24.6 Å². The van der Waals surface area contributed by atoms with E-state index in [0.717, 1.165) is 10.0 Å². The second kappa shape index (κ2) is 6.27. The Hall–Kier alpha value is -0.520.